The van der Waals surface area contributed by atoms with Crippen LogP contribution in [0.15, 0.2) is 0 Å². The van der Waals surface area contributed by atoms with E-state index in [0.29, 0.717) is 18.8 Å². The van der Waals surface area contributed by atoms with Gasteiger partial charge in [0.15, 0.2) is 0 Å². The molecular weight excluding hydrogens is 153 g/mol. The molecule has 0 fully saturated rings. The van der Waals surface area contributed by atoms with Gasteiger partial charge in [-0.05, 0) is 26.8 Å². The molecule has 0 unspecified atom stereocenters. The maximum Gasteiger partial charge on any atom is 0.0906 e. The molecule has 0 bridgehead atoms. The lowest BCUT2D eigenvalue weighted by Crippen LogP contribution is -2.41. The number of hydrogen-bond acceptors (Lipinski definition) is 1. The standard InChI is InChI=1S/C7H15ClFN/c1-7(2,6-8)10-5-3-4-9/h10H,3-6H2,1-2H3. The molecule has 1 N–H and O–H groups in total. The minimum atomic E-state index is -0.259. The van der Waals surface area contributed by atoms with Crippen LogP contribution >= 0.6 is 11.6 Å². The van der Waals surface area contributed by atoms with Crippen LogP contribution in [0, 0.1) is 0 Å². The summed E-state index contributed by atoms with van der Waals surface area (Å²) in [6, 6.07) is 0. The van der Waals surface area contributed by atoms with Gasteiger partial charge >= 0.3 is 0 Å². The lowest BCUT2D eigenvalue weighted by atomic mass is 10.1. The minimum Gasteiger partial charge on any atom is -0.311 e. The van der Waals surface area contributed by atoms with E-state index < -0.39 is 0 Å². The van der Waals surface area contributed by atoms with Crippen LogP contribution in [0.1, 0.15) is 20.3 Å². The highest BCUT2D eigenvalue weighted by Gasteiger charge is 2.13. The molecule has 0 saturated carbocycles. The first-order valence-corrected chi connectivity index (χ1v) is 4.03. The molecule has 0 heterocycles. The van der Waals surface area contributed by atoms with E-state index in [1.165, 1.54) is 0 Å². The summed E-state index contributed by atoms with van der Waals surface area (Å²) in [6.07, 6.45) is 0.570. The van der Waals surface area contributed by atoms with Gasteiger partial charge in [0, 0.05) is 11.4 Å². The normalized spacial score (nSPS) is 12.0. The second kappa shape index (κ2) is 4.91. The van der Waals surface area contributed by atoms with Gasteiger partial charge in [0.25, 0.3) is 0 Å². The van der Waals surface area contributed by atoms with Crippen LogP contribution < -0.4 is 5.32 Å². The zero-order chi connectivity index (χ0) is 8.04. The highest BCUT2D eigenvalue weighted by Crippen LogP contribution is 2.03. The maximum atomic E-state index is 11.6. The molecule has 1 nitrogen and oxygen atoms in total. The van der Waals surface area contributed by atoms with Crippen LogP contribution in [0.3, 0.4) is 0 Å². The molecule has 0 saturated heterocycles. The zero-order valence-electron chi connectivity index (χ0n) is 6.58. The molecule has 0 amide bonds. The fourth-order valence-electron chi connectivity index (χ4n) is 0.541. The number of rotatable bonds is 5. The van der Waals surface area contributed by atoms with Gasteiger partial charge in [-0.15, -0.1) is 11.6 Å². The Bertz CT molecular complexity index is 85.7. The summed E-state index contributed by atoms with van der Waals surface area (Å²) in [7, 11) is 0. The van der Waals surface area contributed by atoms with Crippen molar-refractivity contribution in [2.75, 3.05) is 19.1 Å². The van der Waals surface area contributed by atoms with Gasteiger partial charge in [0.05, 0.1) is 6.67 Å². The second-order valence-corrected chi connectivity index (χ2v) is 3.25. The average molecular weight is 168 g/mol. The van der Waals surface area contributed by atoms with Crippen molar-refractivity contribution in [1.29, 1.82) is 0 Å². The third-order valence-electron chi connectivity index (χ3n) is 1.25. The third kappa shape index (κ3) is 5.00. The average Bonchev–Trinajstić information content (AvgIpc) is 1.89. The maximum absolute atomic E-state index is 11.6. The summed E-state index contributed by atoms with van der Waals surface area (Å²) >= 11 is 5.62. The Hall–Kier alpha value is 0.180. The largest absolute Gasteiger partial charge is 0.311 e. The van der Waals surface area contributed by atoms with Gasteiger partial charge in [-0.2, -0.15) is 0 Å². The van der Waals surface area contributed by atoms with Gasteiger partial charge in [-0.3, -0.25) is 4.39 Å². The fourth-order valence-corrected chi connectivity index (χ4v) is 0.635. The van der Waals surface area contributed by atoms with Crippen molar-refractivity contribution in [3.8, 4) is 0 Å². The third-order valence-corrected chi connectivity index (χ3v) is 1.92. The topological polar surface area (TPSA) is 12.0 Å². The van der Waals surface area contributed by atoms with Crippen LogP contribution in [-0.4, -0.2) is 24.6 Å². The van der Waals surface area contributed by atoms with E-state index in [0.717, 1.165) is 0 Å². The van der Waals surface area contributed by atoms with E-state index in [9.17, 15) is 4.39 Å². The zero-order valence-corrected chi connectivity index (χ0v) is 7.34. The summed E-state index contributed by atoms with van der Waals surface area (Å²) in [6.45, 7) is 4.44. The first-order valence-electron chi connectivity index (χ1n) is 3.49. The van der Waals surface area contributed by atoms with Crippen LogP contribution in [0.25, 0.3) is 0 Å². The molecule has 3 heteroatoms. The Morgan fingerprint density at radius 3 is 2.50 bits per heavy atom. The Balaban J connectivity index is 3.28. The predicted molar refractivity (Wildman–Crippen MR) is 43.4 cm³/mol. The summed E-state index contributed by atoms with van der Waals surface area (Å²) in [5, 5.41) is 3.14. The molecule has 0 aromatic rings. The molecule has 0 aliphatic rings. The van der Waals surface area contributed by atoms with Crippen molar-refractivity contribution in [3.05, 3.63) is 0 Å². The van der Waals surface area contributed by atoms with Gasteiger partial charge in [-0.25, -0.2) is 0 Å². The van der Waals surface area contributed by atoms with Crippen LogP contribution in [0.4, 0.5) is 4.39 Å². The van der Waals surface area contributed by atoms with E-state index in [1.54, 1.807) is 0 Å². The van der Waals surface area contributed by atoms with Crippen molar-refractivity contribution >= 4 is 11.6 Å². The van der Waals surface area contributed by atoms with Crippen molar-refractivity contribution in [2.45, 2.75) is 25.8 Å². The number of halogens is 2. The molecule has 0 spiro atoms. The Morgan fingerprint density at radius 1 is 1.50 bits per heavy atom. The molecule has 0 rings (SSSR count). The van der Waals surface area contributed by atoms with E-state index in [2.05, 4.69) is 5.32 Å². The van der Waals surface area contributed by atoms with E-state index in [1.807, 2.05) is 13.8 Å². The molecule has 0 aromatic carbocycles. The number of nitrogens with one attached hydrogen (secondary N) is 1. The smallest absolute Gasteiger partial charge is 0.0906 e. The Labute approximate surface area is 66.9 Å². The highest BCUT2D eigenvalue weighted by atomic mass is 35.5. The SMILES string of the molecule is CC(C)(CCl)NCCCF. The van der Waals surface area contributed by atoms with Crippen LogP contribution in [-0.2, 0) is 0 Å². The molecule has 0 aliphatic heterocycles. The number of alkyl halides is 2. The monoisotopic (exact) mass is 167 g/mol. The van der Waals surface area contributed by atoms with Crippen LogP contribution in [0.5, 0.6) is 0 Å². The van der Waals surface area contributed by atoms with Crippen molar-refractivity contribution in [3.63, 3.8) is 0 Å². The van der Waals surface area contributed by atoms with E-state index >= 15 is 0 Å². The van der Waals surface area contributed by atoms with Crippen molar-refractivity contribution in [1.82, 2.24) is 5.32 Å². The summed E-state index contributed by atoms with van der Waals surface area (Å²) in [5.41, 5.74) is -0.0588. The Kier molecular flexibility index (Phi) is 5.00. The highest BCUT2D eigenvalue weighted by molar-refractivity contribution is 6.18. The molecular formula is C7H15ClFN. The van der Waals surface area contributed by atoms with Gasteiger partial charge in [0.2, 0.25) is 0 Å². The second-order valence-electron chi connectivity index (χ2n) is 2.99. The lowest BCUT2D eigenvalue weighted by Gasteiger charge is -2.22. The fraction of sp³-hybridized carbons (Fsp3) is 1.00. The van der Waals surface area contributed by atoms with Crippen LogP contribution in [0.2, 0.25) is 0 Å². The lowest BCUT2D eigenvalue weighted by molar-refractivity contribution is 0.395. The van der Waals surface area contributed by atoms with Crippen molar-refractivity contribution < 1.29 is 4.39 Å². The first kappa shape index (κ1) is 10.2. The summed E-state index contributed by atoms with van der Waals surface area (Å²) in [5.74, 6) is 0.555. The predicted octanol–water partition coefficient (Wildman–Crippen LogP) is 1.95. The molecule has 0 atom stereocenters. The minimum absolute atomic E-state index is 0.0588. The Morgan fingerprint density at radius 2 is 2.10 bits per heavy atom. The summed E-state index contributed by atoms with van der Waals surface area (Å²) < 4.78 is 11.6. The number of hydrogen-bond donors (Lipinski definition) is 1. The first-order chi connectivity index (χ1) is 4.62. The van der Waals surface area contributed by atoms with Crippen molar-refractivity contribution in [2.24, 2.45) is 0 Å². The van der Waals surface area contributed by atoms with Gasteiger partial charge in [-0.1, -0.05) is 0 Å². The van der Waals surface area contributed by atoms with Gasteiger partial charge < -0.3 is 5.32 Å². The van der Waals surface area contributed by atoms with E-state index in [4.69, 9.17) is 11.6 Å². The molecule has 0 aliphatic carbocycles. The quantitative estimate of drug-likeness (QED) is 0.488. The molecule has 10 heavy (non-hydrogen) atoms. The van der Waals surface area contributed by atoms with Gasteiger partial charge in [0.1, 0.15) is 0 Å². The molecule has 0 aromatic heterocycles. The summed E-state index contributed by atoms with van der Waals surface area (Å²) in [4.78, 5) is 0. The molecule has 0 radical (unpaired) electrons. The van der Waals surface area contributed by atoms with E-state index in [-0.39, 0.29) is 12.2 Å². The molecule has 62 valence electrons.